The Morgan fingerprint density at radius 2 is 1.86 bits per heavy atom. The molecule has 0 aromatic heterocycles. The highest BCUT2D eigenvalue weighted by molar-refractivity contribution is 5.96. The Kier molecular flexibility index (Phi) is 3.82. The Morgan fingerprint density at radius 1 is 1.14 bits per heavy atom. The van der Waals surface area contributed by atoms with Crippen LogP contribution in [0.4, 0.5) is 10.5 Å². The van der Waals surface area contributed by atoms with Crippen molar-refractivity contribution in [3.05, 3.63) is 29.8 Å². The predicted octanol–water partition coefficient (Wildman–Crippen LogP) is 1.76. The lowest BCUT2D eigenvalue weighted by atomic mass is 10.2. The SMILES string of the molecule is Cc1cccc(N2CCN(C(=O)NC(=O)C3CC3)CC2)c1. The maximum atomic E-state index is 12.0. The van der Waals surface area contributed by atoms with E-state index in [2.05, 4.69) is 41.4 Å². The van der Waals surface area contributed by atoms with Gasteiger partial charge in [0.15, 0.2) is 0 Å². The van der Waals surface area contributed by atoms with Crippen molar-refractivity contribution in [3.63, 3.8) is 0 Å². The van der Waals surface area contributed by atoms with Crippen molar-refractivity contribution in [1.82, 2.24) is 10.2 Å². The number of hydrogen-bond acceptors (Lipinski definition) is 3. The standard InChI is InChI=1S/C16H21N3O2/c1-12-3-2-4-14(11-12)18-7-9-19(10-8-18)16(21)17-15(20)13-5-6-13/h2-4,11,13H,5-10H2,1H3,(H,17,20,21). The first-order valence-corrected chi connectivity index (χ1v) is 7.55. The van der Waals surface area contributed by atoms with Gasteiger partial charge < -0.3 is 9.80 Å². The summed E-state index contributed by atoms with van der Waals surface area (Å²) in [7, 11) is 0. The van der Waals surface area contributed by atoms with Crippen LogP contribution < -0.4 is 10.2 Å². The minimum Gasteiger partial charge on any atom is -0.368 e. The van der Waals surface area contributed by atoms with E-state index in [1.54, 1.807) is 4.90 Å². The summed E-state index contributed by atoms with van der Waals surface area (Å²) in [5, 5.41) is 2.50. The van der Waals surface area contributed by atoms with Gasteiger partial charge in [-0.3, -0.25) is 10.1 Å². The van der Waals surface area contributed by atoms with Crippen LogP contribution in [0.25, 0.3) is 0 Å². The summed E-state index contributed by atoms with van der Waals surface area (Å²) in [5.41, 5.74) is 2.44. The maximum absolute atomic E-state index is 12.0. The van der Waals surface area contributed by atoms with Crippen molar-refractivity contribution in [2.45, 2.75) is 19.8 Å². The summed E-state index contributed by atoms with van der Waals surface area (Å²) in [6.07, 6.45) is 1.83. The van der Waals surface area contributed by atoms with Crippen LogP contribution in [0.15, 0.2) is 24.3 Å². The van der Waals surface area contributed by atoms with E-state index >= 15 is 0 Å². The molecule has 2 fully saturated rings. The molecule has 1 aromatic carbocycles. The van der Waals surface area contributed by atoms with Crippen LogP contribution in [0.5, 0.6) is 0 Å². The largest absolute Gasteiger partial charge is 0.368 e. The summed E-state index contributed by atoms with van der Waals surface area (Å²) in [4.78, 5) is 27.6. The molecule has 0 unspecified atom stereocenters. The number of urea groups is 1. The molecule has 3 rings (SSSR count). The molecule has 5 heteroatoms. The second-order valence-corrected chi connectivity index (χ2v) is 5.88. The van der Waals surface area contributed by atoms with Crippen molar-refractivity contribution < 1.29 is 9.59 Å². The number of rotatable bonds is 2. The van der Waals surface area contributed by atoms with E-state index in [0.717, 1.165) is 25.9 Å². The Morgan fingerprint density at radius 3 is 2.48 bits per heavy atom. The Hall–Kier alpha value is -2.04. The molecule has 112 valence electrons. The van der Waals surface area contributed by atoms with Gasteiger partial charge in [-0.25, -0.2) is 4.79 Å². The summed E-state index contributed by atoms with van der Waals surface area (Å²) in [6, 6.07) is 8.15. The first kappa shape index (κ1) is 13.9. The second-order valence-electron chi connectivity index (χ2n) is 5.88. The minimum atomic E-state index is -0.240. The van der Waals surface area contributed by atoms with E-state index in [-0.39, 0.29) is 17.9 Å². The van der Waals surface area contributed by atoms with Gasteiger partial charge >= 0.3 is 6.03 Å². The Labute approximate surface area is 124 Å². The highest BCUT2D eigenvalue weighted by Crippen LogP contribution is 2.28. The van der Waals surface area contributed by atoms with Crippen LogP contribution in [0.3, 0.4) is 0 Å². The van der Waals surface area contributed by atoms with Gasteiger partial charge in [0.05, 0.1) is 0 Å². The van der Waals surface area contributed by atoms with E-state index in [1.165, 1.54) is 11.3 Å². The van der Waals surface area contributed by atoms with Gasteiger partial charge in [0.2, 0.25) is 5.91 Å². The van der Waals surface area contributed by atoms with Gasteiger partial charge in [-0.15, -0.1) is 0 Å². The van der Waals surface area contributed by atoms with Gasteiger partial charge in [0, 0.05) is 37.8 Å². The molecule has 0 bridgehead atoms. The van der Waals surface area contributed by atoms with Crippen LogP contribution >= 0.6 is 0 Å². The molecule has 1 N–H and O–H groups in total. The molecular formula is C16H21N3O2. The molecule has 1 saturated carbocycles. The van der Waals surface area contributed by atoms with Crippen LogP contribution in [0.2, 0.25) is 0 Å². The molecule has 5 nitrogen and oxygen atoms in total. The quantitative estimate of drug-likeness (QED) is 0.902. The lowest BCUT2D eigenvalue weighted by molar-refractivity contribution is -0.121. The number of aryl methyl sites for hydroxylation is 1. The molecule has 1 heterocycles. The zero-order valence-electron chi connectivity index (χ0n) is 12.3. The van der Waals surface area contributed by atoms with Crippen molar-refractivity contribution in [1.29, 1.82) is 0 Å². The highest BCUT2D eigenvalue weighted by atomic mass is 16.2. The number of hydrogen-bond donors (Lipinski definition) is 1. The maximum Gasteiger partial charge on any atom is 0.324 e. The third-order valence-electron chi connectivity index (χ3n) is 4.11. The van der Waals surface area contributed by atoms with Gasteiger partial charge in [-0.05, 0) is 37.5 Å². The molecule has 0 spiro atoms. The second kappa shape index (κ2) is 5.76. The number of nitrogens with zero attached hydrogens (tertiary/aromatic N) is 2. The molecule has 1 aliphatic carbocycles. The van der Waals surface area contributed by atoms with E-state index in [0.29, 0.717) is 13.1 Å². The number of carbonyl (C=O) groups excluding carboxylic acids is 2. The first-order chi connectivity index (χ1) is 10.1. The monoisotopic (exact) mass is 287 g/mol. The number of carbonyl (C=O) groups is 2. The number of anilines is 1. The van der Waals surface area contributed by atoms with Crippen LogP contribution in [0, 0.1) is 12.8 Å². The van der Waals surface area contributed by atoms with Crippen LogP contribution in [-0.2, 0) is 4.79 Å². The number of nitrogens with one attached hydrogen (secondary N) is 1. The molecular weight excluding hydrogens is 266 g/mol. The first-order valence-electron chi connectivity index (χ1n) is 7.55. The summed E-state index contributed by atoms with van der Waals surface area (Å²) in [6.45, 7) is 4.98. The number of benzene rings is 1. The third kappa shape index (κ3) is 3.35. The predicted molar refractivity (Wildman–Crippen MR) is 81.2 cm³/mol. The zero-order valence-corrected chi connectivity index (χ0v) is 12.3. The van der Waals surface area contributed by atoms with Crippen LogP contribution in [0.1, 0.15) is 18.4 Å². The van der Waals surface area contributed by atoms with E-state index in [1.807, 2.05) is 0 Å². The van der Waals surface area contributed by atoms with Crippen molar-refractivity contribution in [3.8, 4) is 0 Å². The topological polar surface area (TPSA) is 52.6 Å². The summed E-state index contributed by atoms with van der Waals surface area (Å²) >= 11 is 0. The normalized spacial score (nSPS) is 18.5. The van der Waals surface area contributed by atoms with E-state index in [4.69, 9.17) is 0 Å². The summed E-state index contributed by atoms with van der Waals surface area (Å²) in [5.74, 6) is -0.0383. The molecule has 1 aliphatic heterocycles. The zero-order chi connectivity index (χ0) is 14.8. The van der Waals surface area contributed by atoms with Gasteiger partial charge in [-0.2, -0.15) is 0 Å². The van der Waals surface area contributed by atoms with Gasteiger partial charge in [-0.1, -0.05) is 12.1 Å². The number of piperazine rings is 1. The van der Waals surface area contributed by atoms with E-state index in [9.17, 15) is 9.59 Å². The molecule has 0 radical (unpaired) electrons. The van der Waals surface area contributed by atoms with Crippen molar-refractivity contribution in [2.75, 3.05) is 31.1 Å². The fourth-order valence-electron chi connectivity index (χ4n) is 2.62. The lowest BCUT2D eigenvalue weighted by Gasteiger charge is -2.36. The molecule has 2 aliphatic rings. The van der Waals surface area contributed by atoms with Crippen LogP contribution in [-0.4, -0.2) is 43.0 Å². The summed E-state index contributed by atoms with van der Waals surface area (Å²) < 4.78 is 0. The Balaban J connectivity index is 1.52. The minimum absolute atomic E-state index is 0.0718. The number of amides is 3. The van der Waals surface area contributed by atoms with Crippen molar-refractivity contribution >= 4 is 17.6 Å². The van der Waals surface area contributed by atoms with Gasteiger partial charge in [0.25, 0.3) is 0 Å². The molecule has 1 saturated heterocycles. The fraction of sp³-hybridized carbons (Fsp3) is 0.500. The molecule has 21 heavy (non-hydrogen) atoms. The number of imide groups is 1. The fourth-order valence-corrected chi connectivity index (χ4v) is 2.62. The highest BCUT2D eigenvalue weighted by Gasteiger charge is 2.32. The average molecular weight is 287 g/mol. The molecule has 0 atom stereocenters. The molecule has 3 amide bonds. The third-order valence-corrected chi connectivity index (χ3v) is 4.11. The smallest absolute Gasteiger partial charge is 0.324 e. The van der Waals surface area contributed by atoms with Crippen molar-refractivity contribution in [2.24, 2.45) is 5.92 Å². The average Bonchev–Trinajstić information content (AvgIpc) is 3.32. The Bertz CT molecular complexity index is 546. The molecule has 1 aromatic rings. The van der Waals surface area contributed by atoms with E-state index < -0.39 is 0 Å². The lowest BCUT2D eigenvalue weighted by Crippen LogP contribution is -2.53. The van der Waals surface area contributed by atoms with Gasteiger partial charge in [0.1, 0.15) is 0 Å².